The van der Waals surface area contributed by atoms with Gasteiger partial charge in [0.2, 0.25) is 0 Å². The molecule has 4 heteroatoms. The fourth-order valence-corrected chi connectivity index (χ4v) is 1.70. The summed E-state index contributed by atoms with van der Waals surface area (Å²) in [6, 6.07) is 0. The standard InChI is InChI=1S/C14H24N4/c1-5-14(3,4)8-16-12-9(2)11(15)17-13(18-12)10-6-7-10/h10H,5-8H2,1-4H3,(H3,15,16,17,18). The minimum absolute atomic E-state index is 0.270. The van der Waals surface area contributed by atoms with Gasteiger partial charge in [-0.05, 0) is 31.6 Å². The molecule has 0 atom stereocenters. The van der Waals surface area contributed by atoms with Crippen molar-refractivity contribution >= 4 is 11.6 Å². The highest BCUT2D eigenvalue weighted by atomic mass is 15.1. The molecule has 4 nitrogen and oxygen atoms in total. The Hall–Kier alpha value is -1.32. The molecule has 0 amide bonds. The molecule has 0 aliphatic heterocycles. The zero-order valence-electron chi connectivity index (χ0n) is 11.9. The predicted octanol–water partition coefficient (Wildman–Crippen LogP) is 3.09. The van der Waals surface area contributed by atoms with E-state index in [1.54, 1.807) is 0 Å². The molecule has 18 heavy (non-hydrogen) atoms. The third kappa shape index (κ3) is 2.92. The van der Waals surface area contributed by atoms with Crippen LogP contribution in [0.15, 0.2) is 0 Å². The molecule has 0 radical (unpaired) electrons. The zero-order chi connectivity index (χ0) is 13.3. The molecule has 0 spiro atoms. The van der Waals surface area contributed by atoms with E-state index in [0.29, 0.717) is 11.7 Å². The van der Waals surface area contributed by atoms with Crippen LogP contribution in [0.1, 0.15) is 57.3 Å². The number of aromatic nitrogens is 2. The number of hydrogen-bond acceptors (Lipinski definition) is 4. The highest BCUT2D eigenvalue weighted by Gasteiger charge is 2.28. The topological polar surface area (TPSA) is 63.8 Å². The Morgan fingerprint density at radius 3 is 2.56 bits per heavy atom. The number of hydrogen-bond donors (Lipinski definition) is 2. The summed E-state index contributed by atoms with van der Waals surface area (Å²) >= 11 is 0. The Labute approximate surface area is 109 Å². The first-order valence-electron chi connectivity index (χ1n) is 6.81. The highest BCUT2D eigenvalue weighted by Crippen LogP contribution is 2.39. The van der Waals surface area contributed by atoms with Gasteiger partial charge in [0.1, 0.15) is 17.5 Å². The van der Waals surface area contributed by atoms with E-state index in [1.807, 2.05) is 6.92 Å². The molecular formula is C14H24N4. The second-order valence-electron chi connectivity index (χ2n) is 6.09. The second kappa shape index (κ2) is 4.75. The number of rotatable bonds is 5. The number of nitrogen functional groups attached to an aromatic ring is 1. The molecule has 1 aliphatic rings. The van der Waals surface area contributed by atoms with Gasteiger partial charge < -0.3 is 11.1 Å². The molecule has 0 saturated heterocycles. The molecule has 1 saturated carbocycles. The van der Waals surface area contributed by atoms with Crippen LogP contribution in [0.5, 0.6) is 0 Å². The maximum absolute atomic E-state index is 5.97. The first-order valence-corrected chi connectivity index (χ1v) is 6.81. The number of nitrogens with zero attached hydrogens (tertiary/aromatic N) is 2. The molecule has 3 N–H and O–H groups in total. The van der Waals surface area contributed by atoms with Crippen molar-refractivity contribution in [1.29, 1.82) is 0 Å². The van der Waals surface area contributed by atoms with Crippen LogP contribution >= 0.6 is 0 Å². The molecule has 100 valence electrons. The average Bonchev–Trinajstić information content (AvgIpc) is 3.15. The molecule has 1 aliphatic carbocycles. The largest absolute Gasteiger partial charge is 0.383 e. The minimum atomic E-state index is 0.270. The van der Waals surface area contributed by atoms with Gasteiger partial charge in [0.25, 0.3) is 0 Å². The first kappa shape index (κ1) is 13.1. The second-order valence-corrected chi connectivity index (χ2v) is 6.09. The van der Waals surface area contributed by atoms with Crippen molar-refractivity contribution in [3.63, 3.8) is 0 Å². The summed E-state index contributed by atoms with van der Waals surface area (Å²) < 4.78 is 0. The lowest BCUT2D eigenvalue weighted by atomic mass is 9.90. The Kier molecular flexibility index (Phi) is 3.46. The van der Waals surface area contributed by atoms with Gasteiger partial charge in [-0.15, -0.1) is 0 Å². The van der Waals surface area contributed by atoms with Gasteiger partial charge in [-0.2, -0.15) is 0 Å². The molecule has 0 aromatic carbocycles. The maximum Gasteiger partial charge on any atom is 0.136 e. The summed E-state index contributed by atoms with van der Waals surface area (Å²) in [4.78, 5) is 9.02. The van der Waals surface area contributed by atoms with Gasteiger partial charge in [-0.25, -0.2) is 9.97 Å². The summed E-state index contributed by atoms with van der Waals surface area (Å²) in [6.07, 6.45) is 3.53. The predicted molar refractivity (Wildman–Crippen MR) is 75.7 cm³/mol. The molecule has 1 aromatic rings. The van der Waals surface area contributed by atoms with Crippen LogP contribution in [-0.2, 0) is 0 Å². The van der Waals surface area contributed by atoms with Crippen molar-refractivity contribution in [1.82, 2.24) is 9.97 Å². The molecule has 1 aromatic heterocycles. The molecular weight excluding hydrogens is 224 g/mol. The van der Waals surface area contributed by atoms with Crippen LogP contribution in [0.3, 0.4) is 0 Å². The quantitative estimate of drug-likeness (QED) is 0.840. The van der Waals surface area contributed by atoms with Crippen molar-refractivity contribution in [3.05, 3.63) is 11.4 Å². The molecule has 0 unspecified atom stereocenters. The Bertz CT molecular complexity index is 436. The van der Waals surface area contributed by atoms with Gasteiger partial charge in [-0.1, -0.05) is 20.8 Å². The Balaban J connectivity index is 2.16. The number of nitrogens with two attached hydrogens (primary N) is 1. The van der Waals surface area contributed by atoms with Crippen molar-refractivity contribution in [2.24, 2.45) is 5.41 Å². The summed E-state index contributed by atoms with van der Waals surface area (Å²) in [5, 5.41) is 3.44. The first-order chi connectivity index (χ1) is 8.43. The van der Waals surface area contributed by atoms with Crippen molar-refractivity contribution in [2.45, 2.75) is 52.9 Å². The van der Waals surface area contributed by atoms with Crippen LogP contribution < -0.4 is 11.1 Å². The fourth-order valence-electron chi connectivity index (χ4n) is 1.70. The van der Waals surface area contributed by atoms with E-state index >= 15 is 0 Å². The summed E-state index contributed by atoms with van der Waals surface area (Å²) in [5.41, 5.74) is 7.20. The van der Waals surface area contributed by atoms with E-state index in [1.165, 1.54) is 12.8 Å². The zero-order valence-corrected chi connectivity index (χ0v) is 11.9. The van der Waals surface area contributed by atoms with Crippen LogP contribution in [0, 0.1) is 12.3 Å². The van der Waals surface area contributed by atoms with E-state index < -0.39 is 0 Å². The third-order valence-corrected chi connectivity index (χ3v) is 3.83. The summed E-state index contributed by atoms with van der Waals surface area (Å²) in [5.74, 6) is 2.97. The molecule has 0 bridgehead atoms. The van der Waals surface area contributed by atoms with E-state index in [4.69, 9.17) is 5.73 Å². The summed E-state index contributed by atoms with van der Waals surface area (Å²) in [7, 11) is 0. The lowest BCUT2D eigenvalue weighted by Crippen LogP contribution is -2.23. The normalized spacial score (nSPS) is 15.8. The van der Waals surface area contributed by atoms with Gasteiger partial charge in [0.05, 0.1) is 0 Å². The minimum Gasteiger partial charge on any atom is -0.383 e. The number of anilines is 2. The van der Waals surface area contributed by atoms with Crippen molar-refractivity contribution < 1.29 is 0 Å². The van der Waals surface area contributed by atoms with Crippen molar-refractivity contribution in [3.8, 4) is 0 Å². The smallest absolute Gasteiger partial charge is 0.136 e. The summed E-state index contributed by atoms with van der Waals surface area (Å²) in [6.45, 7) is 9.60. The van der Waals surface area contributed by atoms with E-state index in [2.05, 4.69) is 36.1 Å². The number of nitrogens with one attached hydrogen (secondary N) is 1. The van der Waals surface area contributed by atoms with E-state index in [-0.39, 0.29) is 5.41 Å². The van der Waals surface area contributed by atoms with Gasteiger partial charge in [0.15, 0.2) is 0 Å². The van der Waals surface area contributed by atoms with Gasteiger partial charge >= 0.3 is 0 Å². The third-order valence-electron chi connectivity index (χ3n) is 3.83. The SMILES string of the molecule is CCC(C)(C)CNc1nc(C2CC2)nc(N)c1C. The van der Waals surface area contributed by atoms with E-state index in [0.717, 1.165) is 30.2 Å². The molecule has 2 rings (SSSR count). The van der Waals surface area contributed by atoms with Crippen LogP contribution in [-0.4, -0.2) is 16.5 Å². The maximum atomic E-state index is 5.97. The van der Waals surface area contributed by atoms with Gasteiger partial charge in [0, 0.05) is 18.0 Å². The van der Waals surface area contributed by atoms with Crippen LogP contribution in [0.4, 0.5) is 11.6 Å². The Morgan fingerprint density at radius 1 is 1.33 bits per heavy atom. The molecule has 1 fully saturated rings. The lowest BCUT2D eigenvalue weighted by Gasteiger charge is -2.24. The van der Waals surface area contributed by atoms with Gasteiger partial charge in [-0.3, -0.25) is 0 Å². The van der Waals surface area contributed by atoms with E-state index in [9.17, 15) is 0 Å². The lowest BCUT2D eigenvalue weighted by molar-refractivity contribution is 0.376. The highest BCUT2D eigenvalue weighted by molar-refractivity contribution is 5.55. The monoisotopic (exact) mass is 248 g/mol. The van der Waals surface area contributed by atoms with Crippen LogP contribution in [0.25, 0.3) is 0 Å². The Morgan fingerprint density at radius 2 is 2.00 bits per heavy atom. The average molecular weight is 248 g/mol. The van der Waals surface area contributed by atoms with Crippen molar-refractivity contribution in [2.75, 3.05) is 17.6 Å². The van der Waals surface area contributed by atoms with Crippen LogP contribution in [0.2, 0.25) is 0 Å². The molecule has 1 heterocycles. The fraction of sp³-hybridized carbons (Fsp3) is 0.714.